The fourth-order valence-electron chi connectivity index (χ4n) is 4.69. The second kappa shape index (κ2) is 11.0. The van der Waals surface area contributed by atoms with E-state index in [9.17, 15) is 14.9 Å². The first-order chi connectivity index (χ1) is 17.7. The minimum Gasteiger partial charge on any atom is -0.476 e. The van der Waals surface area contributed by atoms with Gasteiger partial charge in [-0.1, -0.05) is 67.4 Å². The third-order valence-corrected chi connectivity index (χ3v) is 7.29. The highest BCUT2D eigenvalue weighted by molar-refractivity contribution is 6.35. The molecule has 1 fully saturated rings. The zero-order valence-corrected chi connectivity index (χ0v) is 22.5. The normalized spacial score (nSPS) is 14.9. The van der Waals surface area contributed by atoms with Gasteiger partial charge in [0, 0.05) is 18.1 Å². The van der Waals surface area contributed by atoms with E-state index in [4.69, 9.17) is 27.9 Å². The summed E-state index contributed by atoms with van der Waals surface area (Å²) in [5.41, 5.74) is 0.792. The van der Waals surface area contributed by atoms with E-state index in [0.29, 0.717) is 48.3 Å². The largest absolute Gasteiger partial charge is 0.476 e. The zero-order valence-electron chi connectivity index (χ0n) is 21.0. The number of carbonyl (C=O) groups excluding carboxylic acids is 2. The van der Waals surface area contributed by atoms with Crippen LogP contribution in [0.5, 0.6) is 5.88 Å². The first-order valence-corrected chi connectivity index (χ1v) is 12.9. The first kappa shape index (κ1) is 26.7. The number of benzene rings is 2. The monoisotopic (exact) mass is 538 g/mol. The Labute approximate surface area is 226 Å². The van der Waals surface area contributed by atoms with E-state index in [1.165, 1.54) is 4.68 Å². The predicted octanol–water partition coefficient (Wildman–Crippen LogP) is 5.85. The Morgan fingerprint density at radius 3 is 2.38 bits per heavy atom. The SMILES string of the molecule is CC(=O)C1(c2ccccc2)CCN(C(=O)c2nn(-c3ccc(Cl)cc3Cl)c(OCC(C)C)c2C#N)CC1. The van der Waals surface area contributed by atoms with Crippen LogP contribution in [0.15, 0.2) is 48.5 Å². The predicted molar refractivity (Wildman–Crippen MR) is 143 cm³/mol. The van der Waals surface area contributed by atoms with Gasteiger partial charge in [0.2, 0.25) is 5.88 Å². The van der Waals surface area contributed by atoms with Crippen LogP contribution in [-0.4, -0.2) is 46.1 Å². The molecule has 1 aromatic heterocycles. The molecule has 0 spiro atoms. The van der Waals surface area contributed by atoms with Crippen molar-refractivity contribution in [2.75, 3.05) is 19.7 Å². The van der Waals surface area contributed by atoms with Gasteiger partial charge in [0.1, 0.15) is 17.4 Å². The second-order valence-corrected chi connectivity index (χ2v) is 10.5. The number of nitrogens with zero attached hydrogens (tertiary/aromatic N) is 4. The number of piperidine rings is 1. The number of amides is 1. The number of likely N-dealkylation sites (tertiary alicyclic amines) is 1. The van der Waals surface area contributed by atoms with Crippen LogP contribution in [0, 0.1) is 17.2 Å². The lowest BCUT2D eigenvalue weighted by molar-refractivity contribution is -0.124. The molecule has 0 saturated carbocycles. The topological polar surface area (TPSA) is 88.2 Å². The van der Waals surface area contributed by atoms with E-state index in [0.717, 1.165) is 5.56 Å². The maximum atomic E-state index is 13.7. The van der Waals surface area contributed by atoms with Crippen LogP contribution in [0.4, 0.5) is 0 Å². The fraction of sp³-hybridized carbons (Fsp3) is 0.357. The van der Waals surface area contributed by atoms with Crippen molar-refractivity contribution in [3.8, 4) is 17.6 Å². The average molecular weight is 539 g/mol. The van der Waals surface area contributed by atoms with Crippen molar-refractivity contribution in [1.82, 2.24) is 14.7 Å². The minimum atomic E-state index is -0.641. The van der Waals surface area contributed by atoms with Crippen LogP contribution in [0.1, 0.15) is 55.2 Å². The molecular formula is C28H28Cl2N4O3. The Bertz CT molecular complexity index is 1350. The highest BCUT2D eigenvalue weighted by Gasteiger charge is 2.42. The third kappa shape index (κ3) is 5.22. The van der Waals surface area contributed by atoms with Gasteiger partial charge in [0.25, 0.3) is 5.91 Å². The van der Waals surface area contributed by atoms with Crippen LogP contribution < -0.4 is 4.74 Å². The molecule has 0 unspecified atom stereocenters. The molecule has 7 nitrogen and oxygen atoms in total. The van der Waals surface area contributed by atoms with Crippen molar-refractivity contribution in [2.45, 2.75) is 39.0 Å². The number of ether oxygens (including phenoxy) is 1. The standard InChI is InChI=1S/C28H28Cl2N4O3/c1-18(2)17-37-27-22(16-31)25(32-34(27)24-10-9-21(29)15-23(24)30)26(36)33-13-11-28(12-14-33,19(3)35)20-7-5-4-6-8-20/h4-10,15,18H,11-14,17H2,1-3H3. The molecule has 2 aromatic carbocycles. The number of hydrogen-bond acceptors (Lipinski definition) is 5. The van der Waals surface area contributed by atoms with Crippen LogP contribution in [0.25, 0.3) is 5.69 Å². The minimum absolute atomic E-state index is 0.0118. The molecular weight excluding hydrogens is 511 g/mol. The van der Waals surface area contributed by atoms with Gasteiger partial charge in [0.15, 0.2) is 5.69 Å². The van der Waals surface area contributed by atoms with Crippen molar-refractivity contribution in [3.05, 3.63) is 75.4 Å². The maximum Gasteiger partial charge on any atom is 0.275 e. The fourth-order valence-corrected chi connectivity index (χ4v) is 5.18. The molecule has 37 heavy (non-hydrogen) atoms. The van der Waals surface area contributed by atoms with Crippen molar-refractivity contribution in [1.29, 1.82) is 5.26 Å². The summed E-state index contributed by atoms with van der Waals surface area (Å²) in [6.07, 6.45) is 0.973. The number of carbonyl (C=O) groups is 2. The molecule has 0 radical (unpaired) electrons. The lowest BCUT2D eigenvalue weighted by Crippen LogP contribution is -2.48. The van der Waals surface area contributed by atoms with E-state index >= 15 is 0 Å². The molecule has 0 N–H and O–H groups in total. The highest BCUT2D eigenvalue weighted by Crippen LogP contribution is 2.38. The van der Waals surface area contributed by atoms with E-state index in [1.807, 2.05) is 44.2 Å². The molecule has 3 aromatic rings. The Morgan fingerprint density at radius 1 is 1.14 bits per heavy atom. The zero-order chi connectivity index (χ0) is 26.7. The number of Topliss-reactive ketones (excluding diaryl/α,β-unsaturated/α-hetero) is 1. The van der Waals surface area contributed by atoms with E-state index in [1.54, 1.807) is 30.0 Å². The number of halogens is 2. The summed E-state index contributed by atoms with van der Waals surface area (Å²) in [5, 5.41) is 15.3. The first-order valence-electron chi connectivity index (χ1n) is 12.1. The summed E-state index contributed by atoms with van der Waals surface area (Å²) < 4.78 is 7.36. The molecule has 1 saturated heterocycles. The molecule has 192 valence electrons. The third-order valence-electron chi connectivity index (χ3n) is 6.75. The Hall–Kier alpha value is -3.34. The Morgan fingerprint density at radius 2 is 1.81 bits per heavy atom. The van der Waals surface area contributed by atoms with Gasteiger partial charge in [-0.25, -0.2) is 0 Å². The molecule has 1 aliphatic rings. The van der Waals surface area contributed by atoms with Crippen molar-refractivity contribution < 1.29 is 14.3 Å². The van der Waals surface area contributed by atoms with Crippen LogP contribution in [0.3, 0.4) is 0 Å². The summed E-state index contributed by atoms with van der Waals surface area (Å²) in [7, 11) is 0. The van der Waals surface area contributed by atoms with Gasteiger partial charge in [-0.2, -0.15) is 15.0 Å². The van der Waals surface area contributed by atoms with Gasteiger partial charge in [-0.15, -0.1) is 0 Å². The van der Waals surface area contributed by atoms with Crippen LogP contribution >= 0.6 is 23.2 Å². The average Bonchev–Trinajstić information content (AvgIpc) is 3.25. The lowest BCUT2D eigenvalue weighted by atomic mass is 9.70. The molecule has 0 atom stereocenters. The van der Waals surface area contributed by atoms with Crippen molar-refractivity contribution in [2.24, 2.45) is 5.92 Å². The van der Waals surface area contributed by atoms with E-state index < -0.39 is 5.41 Å². The quantitative estimate of drug-likeness (QED) is 0.376. The summed E-state index contributed by atoms with van der Waals surface area (Å²) in [4.78, 5) is 28.1. The van der Waals surface area contributed by atoms with Gasteiger partial charge in [-0.05, 0) is 49.4 Å². The smallest absolute Gasteiger partial charge is 0.275 e. The Balaban J connectivity index is 1.69. The van der Waals surface area contributed by atoms with Crippen molar-refractivity contribution >= 4 is 34.9 Å². The summed E-state index contributed by atoms with van der Waals surface area (Å²) >= 11 is 12.5. The molecule has 1 amide bonds. The van der Waals surface area contributed by atoms with Gasteiger partial charge >= 0.3 is 0 Å². The summed E-state index contributed by atoms with van der Waals surface area (Å²) in [5.74, 6) is 0.0206. The molecule has 2 heterocycles. The molecule has 9 heteroatoms. The number of rotatable bonds is 7. The van der Waals surface area contributed by atoms with Crippen LogP contribution in [0.2, 0.25) is 10.0 Å². The van der Waals surface area contributed by atoms with Crippen molar-refractivity contribution in [3.63, 3.8) is 0 Å². The lowest BCUT2D eigenvalue weighted by Gasteiger charge is -2.40. The number of aromatic nitrogens is 2. The maximum absolute atomic E-state index is 13.7. The molecule has 0 bridgehead atoms. The number of hydrogen-bond donors (Lipinski definition) is 0. The van der Waals surface area contributed by atoms with Gasteiger partial charge < -0.3 is 9.64 Å². The molecule has 0 aliphatic carbocycles. The molecule has 1 aliphatic heterocycles. The molecule has 4 rings (SSSR count). The van der Waals surface area contributed by atoms with E-state index in [2.05, 4.69) is 11.2 Å². The highest BCUT2D eigenvalue weighted by atomic mass is 35.5. The Kier molecular flexibility index (Phi) is 7.91. The number of nitriles is 1. The van der Waals surface area contributed by atoms with E-state index in [-0.39, 0.29) is 34.7 Å². The second-order valence-electron chi connectivity index (χ2n) is 9.65. The summed E-state index contributed by atoms with van der Waals surface area (Å²) in [6, 6.07) is 16.7. The van der Waals surface area contributed by atoms with Crippen LogP contribution in [-0.2, 0) is 10.2 Å². The number of ketones is 1. The van der Waals surface area contributed by atoms with Gasteiger partial charge in [-0.3, -0.25) is 9.59 Å². The summed E-state index contributed by atoms with van der Waals surface area (Å²) in [6.45, 7) is 6.60. The van der Waals surface area contributed by atoms with Gasteiger partial charge in [0.05, 0.1) is 22.7 Å².